The summed E-state index contributed by atoms with van der Waals surface area (Å²) in [6, 6.07) is 0. The minimum absolute atomic E-state index is 0.107. The topological polar surface area (TPSA) is 46.5 Å². The first-order chi connectivity index (χ1) is 10.7. The molecule has 10 heteroatoms. The van der Waals surface area contributed by atoms with Crippen LogP contribution >= 0.6 is 0 Å². The molecule has 0 spiro atoms. The summed E-state index contributed by atoms with van der Waals surface area (Å²) in [5, 5.41) is 9.55. The highest BCUT2D eigenvalue weighted by atomic mass is 19.4. The molecular weight excluding hydrogens is 349 g/mol. The summed E-state index contributed by atoms with van der Waals surface area (Å²) in [6.07, 6.45) is -15.5. The van der Waals surface area contributed by atoms with E-state index in [0.717, 1.165) is 6.92 Å². The van der Waals surface area contributed by atoms with Crippen molar-refractivity contribution in [3.8, 4) is 0 Å². The second-order valence-corrected chi connectivity index (χ2v) is 6.35. The molecule has 138 valence electrons. The Balaban J connectivity index is 2.57. The second kappa shape index (κ2) is 5.34. The molecule has 0 heterocycles. The van der Waals surface area contributed by atoms with Crippen LogP contribution < -0.4 is 0 Å². The molecule has 0 aliphatic heterocycles. The molecule has 4 atom stereocenters. The fraction of sp³-hybridized carbons (Fsp3) is 0.786. The fourth-order valence-corrected chi connectivity index (χ4v) is 3.74. The van der Waals surface area contributed by atoms with Crippen molar-refractivity contribution < 1.29 is 45.4 Å². The third-order valence-corrected chi connectivity index (χ3v) is 4.87. The molecule has 2 aliphatic carbocycles. The molecule has 2 fully saturated rings. The molecule has 2 aliphatic rings. The summed E-state index contributed by atoms with van der Waals surface area (Å²) in [5.41, 5.74) is -10.1. The van der Waals surface area contributed by atoms with Gasteiger partial charge < -0.3 is 9.84 Å². The van der Waals surface area contributed by atoms with Gasteiger partial charge in [-0.1, -0.05) is 6.58 Å². The number of halogens is 7. The lowest BCUT2D eigenvalue weighted by Crippen LogP contribution is -2.74. The Morgan fingerprint density at radius 2 is 1.67 bits per heavy atom. The second-order valence-electron chi connectivity index (χ2n) is 6.35. The molecule has 2 bridgehead atoms. The summed E-state index contributed by atoms with van der Waals surface area (Å²) in [5.74, 6) is -4.06. The maximum atomic E-state index is 15.3. The Labute approximate surface area is 132 Å². The summed E-state index contributed by atoms with van der Waals surface area (Å²) in [4.78, 5) is 11.6. The van der Waals surface area contributed by atoms with E-state index < -0.39 is 47.5 Å². The van der Waals surface area contributed by atoms with Crippen LogP contribution in [0.25, 0.3) is 0 Å². The number of ether oxygens (including phenoxy) is 1. The summed E-state index contributed by atoms with van der Waals surface area (Å²) < 4.78 is 98.7. The lowest BCUT2D eigenvalue weighted by atomic mass is 9.70. The van der Waals surface area contributed by atoms with Crippen molar-refractivity contribution >= 4 is 5.97 Å². The van der Waals surface area contributed by atoms with E-state index in [1.807, 2.05) is 0 Å². The number of hydrogen-bond acceptors (Lipinski definition) is 3. The van der Waals surface area contributed by atoms with Gasteiger partial charge in [0.05, 0.1) is 0 Å². The first kappa shape index (κ1) is 19.0. The molecule has 2 rings (SSSR count). The third kappa shape index (κ3) is 2.33. The number of rotatable bonds is 3. The highest BCUT2D eigenvalue weighted by Crippen LogP contribution is 2.64. The van der Waals surface area contributed by atoms with Crippen LogP contribution in [0, 0.1) is 11.8 Å². The van der Waals surface area contributed by atoms with E-state index in [9.17, 15) is 36.2 Å². The Hall–Kier alpha value is -1.32. The molecule has 0 saturated heterocycles. The lowest BCUT2D eigenvalue weighted by molar-refractivity contribution is -0.416. The smallest absolute Gasteiger partial charge is 0.429 e. The van der Waals surface area contributed by atoms with Gasteiger partial charge in [0.25, 0.3) is 5.60 Å². The van der Waals surface area contributed by atoms with Crippen LogP contribution in [0.15, 0.2) is 12.2 Å². The molecule has 0 aromatic rings. The van der Waals surface area contributed by atoms with E-state index in [4.69, 9.17) is 0 Å². The maximum Gasteiger partial charge on any atom is 0.429 e. The zero-order chi connectivity index (χ0) is 18.7. The van der Waals surface area contributed by atoms with Crippen LogP contribution in [-0.2, 0) is 9.53 Å². The fourth-order valence-electron chi connectivity index (χ4n) is 3.74. The summed E-state index contributed by atoms with van der Waals surface area (Å²) >= 11 is 0. The van der Waals surface area contributed by atoms with Gasteiger partial charge in [0.2, 0.25) is 0 Å². The van der Waals surface area contributed by atoms with Crippen LogP contribution in [0.4, 0.5) is 30.7 Å². The van der Waals surface area contributed by atoms with Crippen molar-refractivity contribution in [2.24, 2.45) is 11.8 Å². The van der Waals surface area contributed by atoms with E-state index in [-0.39, 0.29) is 24.8 Å². The van der Waals surface area contributed by atoms with Crippen molar-refractivity contribution in [3.05, 3.63) is 12.2 Å². The molecule has 1 N–H and O–H groups in total. The first-order valence-electron chi connectivity index (χ1n) is 7.09. The zero-order valence-electron chi connectivity index (χ0n) is 12.5. The van der Waals surface area contributed by atoms with Gasteiger partial charge in [-0.05, 0) is 32.1 Å². The molecular formula is C14H15F7O3. The van der Waals surface area contributed by atoms with Gasteiger partial charge in [-0.3, -0.25) is 0 Å². The number of aliphatic hydroxyl groups is 1. The number of esters is 1. The normalized spacial score (nSPS) is 33.6. The van der Waals surface area contributed by atoms with Gasteiger partial charge in [0.15, 0.2) is 5.67 Å². The quantitative estimate of drug-likeness (QED) is 0.474. The average Bonchev–Trinajstić information content (AvgIpc) is 2.97. The van der Waals surface area contributed by atoms with E-state index in [1.165, 1.54) is 0 Å². The first-order valence-corrected chi connectivity index (χ1v) is 7.09. The van der Waals surface area contributed by atoms with Gasteiger partial charge in [0.1, 0.15) is 6.10 Å². The van der Waals surface area contributed by atoms with Crippen LogP contribution in [0.3, 0.4) is 0 Å². The molecule has 3 nitrogen and oxygen atoms in total. The summed E-state index contributed by atoms with van der Waals surface area (Å²) in [6.45, 7) is 4.28. The molecule has 0 amide bonds. The average molecular weight is 364 g/mol. The number of carbonyl (C=O) groups excluding carboxylic acids is 1. The minimum Gasteiger partial charge on any atom is -0.455 e. The Morgan fingerprint density at radius 1 is 1.17 bits per heavy atom. The standard InChI is InChI=1S/C14H15F7O3/c1-6(2)10(22)24-9-7-3-4-8(5-7)11(9,15)12(23,13(16,17)18)14(19,20)21/h7-9,23H,1,3-5H2,2H3. The molecule has 0 radical (unpaired) electrons. The van der Waals surface area contributed by atoms with Crippen LogP contribution in [0.2, 0.25) is 0 Å². The van der Waals surface area contributed by atoms with Crippen molar-refractivity contribution in [3.63, 3.8) is 0 Å². The van der Waals surface area contributed by atoms with Crippen molar-refractivity contribution in [2.45, 2.75) is 55.9 Å². The van der Waals surface area contributed by atoms with Gasteiger partial charge in [0, 0.05) is 11.5 Å². The Morgan fingerprint density at radius 3 is 2.08 bits per heavy atom. The van der Waals surface area contributed by atoms with Crippen LogP contribution in [0.5, 0.6) is 0 Å². The van der Waals surface area contributed by atoms with Gasteiger partial charge >= 0.3 is 18.3 Å². The van der Waals surface area contributed by atoms with Gasteiger partial charge in [-0.25, -0.2) is 9.18 Å². The zero-order valence-corrected chi connectivity index (χ0v) is 12.5. The molecule has 24 heavy (non-hydrogen) atoms. The number of fused-ring (bicyclic) bond motifs is 2. The van der Waals surface area contributed by atoms with Crippen molar-refractivity contribution in [1.29, 1.82) is 0 Å². The van der Waals surface area contributed by atoms with E-state index in [1.54, 1.807) is 0 Å². The highest BCUT2D eigenvalue weighted by molar-refractivity contribution is 5.87. The molecule has 0 aromatic heterocycles. The maximum absolute atomic E-state index is 15.3. The molecule has 0 aromatic carbocycles. The number of alkyl halides is 7. The SMILES string of the molecule is C=C(C)C(=O)OC1C2CCC(C2)C1(F)C(O)(C(F)(F)F)C(F)(F)F. The largest absolute Gasteiger partial charge is 0.455 e. The predicted octanol–water partition coefficient (Wildman–Crippen LogP) is 3.47. The minimum atomic E-state index is -6.33. The Kier molecular flexibility index (Phi) is 4.23. The van der Waals surface area contributed by atoms with Gasteiger partial charge in [-0.15, -0.1) is 0 Å². The van der Waals surface area contributed by atoms with Crippen LogP contribution in [0.1, 0.15) is 26.2 Å². The lowest BCUT2D eigenvalue weighted by Gasteiger charge is -2.48. The number of hydrogen-bond donors (Lipinski definition) is 1. The van der Waals surface area contributed by atoms with E-state index in [2.05, 4.69) is 11.3 Å². The van der Waals surface area contributed by atoms with Crippen LogP contribution in [-0.4, -0.2) is 40.8 Å². The van der Waals surface area contributed by atoms with E-state index >= 15 is 4.39 Å². The monoisotopic (exact) mass is 364 g/mol. The van der Waals surface area contributed by atoms with E-state index in [0.29, 0.717) is 0 Å². The highest BCUT2D eigenvalue weighted by Gasteiger charge is 2.87. The van der Waals surface area contributed by atoms with Crippen molar-refractivity contribution in [1.82, 2.24) is 0 Å². The molecule has 4 unspecified atom stereocenters. The Bertz CT molecular complexity index is 540. The van der Waals surface area contributed by atoms with Gasteiger partial charge in [-0.2, -0.15) is 26.3 Å². The third-order valence-electron chi connectivity index (χ3n) is 4.87. The van der Waals surface area contributed by atoms with Crippen molar-refractivity contribution in [2.75, 3.05) is 0 Å². The number of carbonyl (C=O) groups is 1. The summed E-state index contributed by atoms with van der Waals surface area (Å²) in [7, 11) is 0. The molecule has 2 saturated carbocycles. The predicted molar refractivity (Wildman–Crippen MR) is 66.4 cm³/mol.